The molecule has 1 heterocycles. The van der Waals surface area contributed by atoms with Crippen LogP contribution in [0.3, 0.4) is 0 Å². The highest BCUT2D eigenvalue weighted by Gasteiger charge is 2.19. The highest BCUT2D eigenvalue weighted by atomic mass is 32.1. The molecule has 1 aromatic carbocycles. The van der Waals surface area contributed by atoms with Gasteiger partial charge in [-0.15, -0.1) is 0 Å². The number of nitro groups is 2. The number of nitro benzene ring substituents is 2. The first-order valence-electron chi connectivity index (χ1n) is 6.34. The average molecular weight is 350 g/mol. The molecule has 24 heavy (non-hydrogen) atoms. The van der Waals surface area contributed by atoms with Gasteiger partial charge in [-0.2, -0.15) is 5.10 Å². The molecule has 0 unspecified atom stereocenters. The van der Waals surface area contributed by atoms with E-state index < -0.39 is 26.8 Å². The first-order chi connectivity index (χ1) is 11.3. The molecule has 0 bridgehead atoms. The molecule has 0 aliphatic heterocycles. The molecular weight excluding hydrogens is 340 g/mol. The number of hydrazone groups is 1. The Labute approximate surface area is 138 Å². The fourth-order valence-electron chi connectivity index (χ4n) is 1.81. The van der Waals surface area contributed by atoms with Gasteiger partial charge in [-0.25, -0.2) is 0 Å². The molecular formula is C12H10N6O5S. The monoisotopic (exact) mass is 350 g/mol. The number of hydrogen-bond acceptors (Lipinski definition) is 8. The van der Waals surface area contributed by atoms with Gasteiger partial charge in [0.25, 0.3) is 11.2 Å². The smallest absolute Gasteiger partial charge is 0.301 e. The number of benzene rings is 1. The summed E-state index contributed by atoms with van der Waals surface area (Å²) in [6.45, 7) is 1.61. The molecule has 0 spiro atoms. The van der Waals surface area contributed by atoms with Crippen LogP contribution in [0.25, 0.3) is 0 Å². The van der Waals surface area contributed by atoms with E-state index in [9.17, 15) is 25.0 Å². The molecule has 0 radical (unpaired) electrons. The SMILES string of the molecule is Cc1[nH]c(=S)[nH]c(=O)c1/C=N\Nc1ccc([N+](=O)[O-])cc1[N+](=O)[O-]. The van der Waals surface area contributed by atoms with Crippen LogP contribution in [0.5, 0.6) is 0 Å². The number of aromatic nitrogens is 2. The first kappa shape index (κ1) is 17.0. The number of non-ortho nitro benzene ring substituents is 1. The van der Waals surface area contributed by atoms with E-state index in [1.165, 1.54) is 0 Å². The van der Waals surface area contributed by atoms with Crippen LogP contribution in [0, 0.1) is 31.9 Å². The van der Waals surface area contributed by atoms with Gasteiger partial charge >= 0.3 is 5.69 Å². The standard InChI is InChI=1S/C12H10N6O5S/c1-6-8(11(19)15-12(24)14-6)5-13-16-9-3-2-7(17(20)21)4-10(9)18(22)23/h2-5,16H,1H3,(H2,14,15,19,24)/b13-5-. The second-order valence-electron chi connectivity index (χ2n) is 4.53. The van der Waals surface area contributed by atoms with Gasteiger partial charge in [0.05, 0.1) is 27.7 Å². The van der Waals surface area contributed by atoms with Crippen molar-refractivity contribution in [3.05, 3.63) is 64.8 Å². The fourth-order valence-corrected chi connectivity index (χ4v) is 2.06. The minimum Gasteiger partial charge on any atom is -0.335 e. The van der Waals surface area contributed by atoms with Gasteiger partial charge in [0.1, 0.15) is 5.69 Å². The predicted octanol–water partition coefficient (Wildman–Crippen LogP) is 2.00. The third kappa shape index (κ3) is 3.67. The summed E-state index contributed by atoms with van der Waals surface area (Å²) in [6.07, 6.45) is 1.16. The Morgan fingerprint density at radius 2 is 1.96 bits per heavy atom. The van der Waals surface area contributed by atoms with Crippen LogP contribution in [0.4, 0.5) is 17.1 Å². The largest absolute Gasteiger partial charge is 0.335 e. The van der Waals surface area contributed by atoms with E-state index in [0.717, 1.165) is 24.4 Å². The molecule has 0 amide bonds. The summed E-state index contributed by atoms with van der Waals surface area (Å²) in [4.78, 5) is 37.0. The number of nitrogens with zero attached hydrogens (tertiary/aromatic N) is 3. The molecule has 2 aromatic rings. The quantitative estimate of drug-likeness (QED) is 0.322. The van der Waals surface area contributed by atoms with Crippen molar-refractivity contribution in [2.45, 2.75) is 6.92 Å². The zero-order valence-electron chi connectivity index (χ0n) is 12.1. The molecule has 0 atom stereocenters. The van der Waals surface area contributed by atoms with Crippen molar-refractivity contribution in [1.29, 1.82) is 0 Å². The van der Waals surface area contributed by atoms with E-state index in [1.807, 2.05) is 0 Å². The lowest BCUT2D eigenvalue weighted by Crippen LogP contribution is -2.16. The fraction of sp³-hybridized carbons (Fsp3) is 0.0833. The minimum absolute atomic E-state index is 0.0557. The molecule has 3 N–H and O–H groups in total. The second-order valence-corrected chi connectivity index (χ2v) is 4.94. The van der Waals surface area contributed by atoms with E-state index >= 15 is 0 Å². The Kier molecular flexibility index (Phi) is 4.79. The summed E-state index contributed by atoms with van der Waals surface area (Å²) in [5, 5.41) is 25.4. The first-order valence-corrected chi connectivity index (χ1v) is 6.75. The van der Waals surface area contributed by atoms with Crippen molar-refractivity contribution >= 4 is 35.5 Å². The highest BCUT2D eigenvalue weighted by Crippen LogP contribution is 2.28. The van der Waals surface area contributed by atoms with Gasteiger partial charge in [-0.1, -0.05) is 0 Å². The van der Waals surface area contributed by atoms with Gasteiger partial charge in [-0.05, 0) is 25.2 Å². The van der Waals surface area contributed by atoms with Crippen molar-refractivity contribution < 1.29 is 9.85 Å². The Morgan fingerprint density at radius 3 is 2.54 bits per heavy atom. The Bertz CT molecular complexity index is 963. The van der Waals surface area contributed by atoms with Gasteiger partial charge in [0.15, 0.2) is 4.77 Å². The van der Waals surface area contributed by atoms with Crippen molar-refractivity contribution in [3.8, 4) is 0 Å². The third-order valence-electron chi connectivity index (χ3n) is 2.94. The number of rotatable bonds is 5. The summed E-state index contributed by atoms with van der Waals surface area (Å²) in [5.74, 6) is 0. The Hall–Kier alpha value is -3.41. The number of anilines is 1. The van der Waals surface area contributed by atoms with Crippen LogP contribution in [0.15, 0.2) is 28.1 Å². The van der Waals surface area contributed by atoms with Crippen LogP contribution in [0.2, 0.25) is 0 Å². The molecule has 0 saturated heterocycles. The number of H-pyrrole nitrogens is 2. The van der Waals surface area contributed by atoms with Gasteiger partial charge < -0.3 is 4.98 Å². The summed E-state index contributed by atoms with van der Waals surface area (Å²) in [6, 6.07) is 3.07. The average Bonchev–Trinajstić information content (AvgIpc) is 2.49. The molecule has 1 aromatic heterocycles. The molecule has 12 heteroatoms. The van der Waals surface area contributed by atoms with Crippen molar-refractivity contribution in [1.82, 2.24) is 9.97 Å². The summed E-state index contributed by atoms with van der Waals surface area (Å²) in [7, 11) is 0. The molecule has 0 fully saturated rings. The molecule has 11 nitrogen and oxygen atoms in total. The molecule has 124 valence electrons. The van der Waals surface area contributed by atoms with Crippen molar-refractivity contribution in [3.63, 3.8) is 0 Å². The predicted molar refractivity (Wildman–Crippen MR) is 88.0 cm³/mol. The van der Waals surface area contributed by atoms with Crippen molar-refractivity contribution in [2.24, 2.45) is 5.10 Å². The summed E-state index contributed by atoms with van der Waals surface area (Å²) < 4.78 is 0.161. The lowest BCUT2D eigenvalue weighted by atomic mass is 10.2. The minimum atomic E-state index is -0.775. The number of aryl methyl sites for hydroxylation is 1. The lowest BCUT2D eigenvalue weighted by molar-refractivity contribution is -0.393. The number of aromatic amines is 2. The van der Waals surface area contributed by atoms with Crippen LogP contribution < -0.4 is 11.0 Å². The summed E-state index contributed by atoms with van der Waals surface area (Å²) in [5.41, 5.74) is 1.58. The van der Waals surface area contributed by atoms with Crippen LogP contribution in [-0.2, 0) is 0 Å². The topological polar surface area (TPSA) is 159 Å². The lowest BCUT2D eigenvalue weighted by Gasteiger charge is -2.02. The molecule has 0 aliphatic carbocycles. The van der Waals surface area contributed by atoms with Gasteiger partial charge in [0, 0.05) is 11.8 Å². The van der Waals surface area contributed by atoms with Gasteiger partial charge in [-0.3, -0.25) is 35.4 Å². The van der Waals surface area contributed by atoms with E-state index in [4.69, 9.17) is 12.2 Å². The Balaban J connectivity index is 2.33. The van der Waals surface area contributed by atoms with Gasteiger partial charge in [0.2, 0.25) is 0 Å². The molecule has 2 rings (SSSR count). The zero-order valence-corrected chi connectivity index (χ0v) is 12.9. The normalized spacial score (nSPS) is 10.7. The zero-order chi connectivity index (χ0) is 17.9. The van der Waals surface area contributed by atoms with Crippen molar-refractivity contribution in [2.75, 3.05) is 5.43 Å². The number of nitrogens with one attached hydrogen (secondary N) is 3. The second kappa shape index (κ2) is 6.78. The maximum atomic E-state index is 11.8. The van der Waals surface area contributed by atoms with E-state index in [0.29, 0.717) is 5.69 Å². The highest BCUT2D eigenvalue weighted by molar-refractivity contribution is 7.71. The number of hydrogen-bond donors (Lipinski definition) is 3. The van der Waals surface area contributed by atoms with Crippen LogP contribution in [0.1, 0.15) is 11.3 Å². The maximum absolute atomic E-state index is 11.8. The van der Waals surface area contributed by atoms with E-state index in [2.05, 4.69) is 20.5 Å². The van der Waals surface area contributed by atoms with Crippen LogP contribution in [-0.4, -0.2) is 26.0 Å². The Morgan fingerprint density at radius 1 is 1.25 bits per heavy atom. The molecule has 0 aliphatic rings. The maximum Gasteiger partial charge on any atom is 0.301 e. The molecule has 0 saturated carbocycles. The van der Waals surface area contributed by atoms with E-state index in [1.54, 1.807) is 6.92 Å². The van der Waals surface area contributed by atoms with E-state index in [-0.39, 0.29) is 16.0 Å². The summed E-state index contributed by atoms with van der Waals surface area (Å²) >= 11 is 4.81. The third-order valence-corrected chi connectivity index (χ3v) is 3.15. The van der Waals surface area contributed by atoms with Crippen LogP contribution >= 0.6 is 12.2 Å².